The topological polar surface area (TPSA) is 72.9 Å². The van der Waals surface area contributed by atoms with Crippen molar-refractivity contribution in [2.45, 2.75) is 32.5 Å². The molecule has 5 aliphatic rings. The Hall–Kier alpha value is -3.15. The van der Waals surface area contributed by atoms with Crippen LogP contribution in [0.2, 0.25) is 0 Å². The summed E-state index contributed by atoms with van der Waals surface area (Å²) < 4.78 is 10.9. The first-order chi connectivity index (χ1) is 14.5. The molecule has 3 fully saturated rings. The van der Waals surface area contributed by atoms with Crippen molar-refractivity contribution in [3.63, 3.8) is 0 Å². The summed E-state index contributed by atoms with van der Waals surface area (Å²) in [4.78, 5) is 41.3. The van der Waals surface area contributed by atoms with Crippen molar-refractivity contribution in [1.82, 2.24) is 4.90 Å². The molecule has 6 nitrogen and oxygen atoms in total. The van der Waals surface area contributed by atoms with Gasteiger partial charge in [0.05, 0.1) is 12.1 Å². The number of carbonyl (C=O) groups is 3. The zero-order valence-electron chi connectivity index (χ0n) is 16.7. The summed E-state index contributed by atoms with van der Waals surface area (Å²) in [6.07, 6.45) is 7.29. The summed E-state index contributed by atoms with van der Waals surface area (Å²) in [5, 5.41) is 0. The summed E-state index contributed by atoms with van der Waals surface area (Å²) in [5.74, 6) is -1.51. The maximum Gasteiger partial charge on any atom is 0.411 e. The second kappa shape index (κ2) is 5.50. The Labute approximate surface area is 173 Å². The van der Waals surface area contributed by atoms with Gasteiger partial charge in [-0.2, -0.15) is 0 Å². The van der Waals surface area contributed by atoms with Crippen molar-refractivity contribution in [1.29, 1.82) is 0 Å². The van der Waals surface area contributed by atoms with Crippen molar-refractivity contribution < 1.29 is 23.9 Å². The van der Waals surface area contributed by atoms with Crippen LogP contribution in [0.4, 0.5) is 4.79 Å². The van der Waals surface area contributed by atoms with Gasteiger partial charge in [-0.25, -0.2) is 4.79 Å². The lowest BCUT2D eigenvalue weighted by atomic mass is 9.54. The average Bonchev–Trinajstić information content (AvgIpc) is 3.50. The van der Waals surface area contributed by atoms with Gasteiger partial charge in [0, 0.05) is 11.8 Å². The second-order valence-corrected chi connectivity index (χ2v) is 8.93. The number of hydrogen-bond donors (Lipinski definition) is 0. The van der Waals surface area contributed by atoms with Crippen LogP contribution in [-0.2, 0) is 25.7 Å². The minimum atomic E-state index is -1.10. The fourth-order valence-corrected chi connectivity index (χ4v) is 6.83. The first kappa shape index (κ1) is 17.7. The van der Waals surface area contributed by atoms with Gasteiger partial charge in [0.2, 0.25) is 0 Å². The number of fused-ring (bicyclic) bond motifs is 4. The normalized spacial score (nSPS) is 38.9. The number of esters is 2. The highest BCUT2D eigenvalue weighted by Gasteiger charge is 2.90. The van der Waals surface area contributed by atoms with Crippen molar-refractivity contribution in [2.75, 3.05) is 0 Å². The minimum Gasteiger partial charge on any atom is -0.445 e. The summed E-state index contributed by atoms with van der Waals surface area (Å²) in [7, 11) is 0. The SMILES string of the molecule is CC(C)=C1[C@H]2C=C[C@@H]1[C@@]13C(=O)OC(=O)[C@@]21[C@@H]1C=C[C@H]3N1C(=O)OCc1ccccc1. The number of cyclic esters (lactones) is 2. The van der Waals surface area contributed by atoms with Crippen LogP contribution in [0.1, 0.15) is 19.4 Å². The highest BCUT2D eigenvalue weighted by atomic mass is 16.6. The van der Waals surface area contributed by atoms with E-state index in [1.165, 1.54) is 0 Å². The molecule has 1 saturated carbocycles. The highest BCUT2D eigenvalue weighted by Crippen LogP contribution is 2.78. The number of allylic oxidation sites excluding steroid dienone is 4. The number of rotatable bonds is 2. The molecule has 4 bridgehead atoms. The Morgan fingerprint density at radius 2 is 1.53 bits per heavy atom. The molecule has 3 heterocycles. The molecule has 3 aliphatic heterocycles. The fourth-order valence-electron chi connectivity index (χ4n) is 6.83. The van der Waals surface area contributed by atoms with E-state index in [9.17, 15) is 14.4 Å². The molecule has 0 unspecified atom stereocenters. The van der Waals surface area contributed by atoms with E-state index >= 15 is 0 Å². The van der Waals surface area contributed by atoms with Crippen LogP contribution in [0, 0.1) is 22.7 Å². The van der Waals surface area contributed by atoms with E-state index in [1.54, 1.807) is 4.90 Å². The maximum atomic E-state index is 13.2. The van der Waals surface area contributed by atoms with Gasteiger partial charge in [-0.05, 0) is 19.4 Å². The fraction of sp³-hybridized carbons (Fsp3) is 0.375. The molecule has 2 saturated heterocycles. The average molecular weight is 403 g/mol. The predicted molar refractivity (Wildman–Crippen MR) is 106 cm³/mol. The molecule has 1 amide bonds. The Morgan fingerprint density at radius 3 is 2.07 bits per heavy atom. The molecule has 1 aromatic rings. The van der Waals surface area contributed by atoms with Crippen LogP contribution in [0.5, 0.6) is 0 Å². The summed E-state index contributed by atoms with van der Waals surface area (Å²) in [5.41, 5.74) is 0.924. The van der Waals surface area contributed by atoms with Gasteiger partial charge in [0.25, 0.3) is 0 Å². The smallest absolute Gasteiger partial charge is 0.411 e. The zero-order chi connectivity index (χ0) is 20.8. The second-order valence-electron chi connectivity index (χ2n) is 8.93. The molecule has 30 heavy (non-hydrogen) atoms. The monoisotopic (exact) mass is 403 g/mol. The van der Waals surface area contributed by atoms with Crippen LogP contribution in [0.25, 0.3) is 0 Å². The summed E-state index contributed by atoms with van der Waals surface area (Å²) in [6, 6.07) is 8.33. The van der Waals surface area contributed by atoms with Gasteiger partial charge in [0.15, 0.2) is 0 Å². The number of ether oxygens (including phenoxy) is 2. The van der Waals surface area contributed by atoms with E-state index < -0.39 is 40.9 Å². The van der Waals surface area contributed by atoms with E-state index in [0.717, 1.165) is 16.7 Å². The quantitative estimate of drug-likeness (QED) is 0.431. The third kappa shape index (κ3) is 1.64. The Bertz CT molecular complexity index is 1050. The number of benzene rings is 1. The Kier molecular flexibility index (Phi) is 3.25. The zero-order valence-corrected chi connectivity index (χ0v) is 16.7. The summed E-state index contributed by atoms with van der Waals surface area (Å²) in [6.45, 7) is 4.17. The predicted octanol–water partition coefficient (Wildman–Crippen LogP) is 3.15. The third-order valence-electron chi connectivity index (χ3n) is 7.69. The lowest BCUT2D eigenvalue weighted by molar-refractivity contribution is -0.158. The van der Waals surface area contributed by atoms with Gasteiger partial charge in [0.1, 0.15) is 17.4 Å². The van der Waals surface area contributed by atoms with Gasteiger partial charge >= 0.3 is 18.0 Å². The molecule has 0 spiro atoms. The third-order valence-corrected chi connectivity index (χ3v) is 7.69. The molecule has 6 atom stereocenters. The number of hydrogen-bond acceptors (Lipinski definition) is 5. The molecule has 0 radical (unpaired) electrons. The summed E-state index contributed by atoms with van der Waals surface area (Å²) >= 11 is 0. The number of carbonyl (C=O) groups excluding carboxylic acids is 3. The maximum absolute atomic E-state index is 13.2. The van der Waals surface area contributed by atoms with Gasteiger partial charge in [-0.1, -0.05) is 65.8 Å². The molecule has 2 aliphatic carbocycles. The lowest BCUT2D eigenvalue weighted by Gasteiger charge is -2.39. The Balaban J connectivity index is 1.43. The highest BCUT2D eigenvalue weighted by molar-refractivity contribution is 6.08. The van der Waals surface area contributed by atoms with Crippen molar-refractivity contribution >= 4 is 18.0 Å². The van der Waals surface area contributed by atoms with E-state index in [4.69, 9.17) is 9.47 Å². The molecular weight excluding hydrogens is 382 g/mol. The van der Waals surface area contributed by atoms with E-state index in [0.29, 0.717) is 0 Å². The van der Waals surface area contributed by atoms with Crippen molar-refractivity contribution in [3.05, 3.63) is 71.3 Å². The number of nitrogens with zero attached hydrogens (tertiary/aromatic N) is 1. The largest absolute Gasteiger partial charge is 0.445 e. The molecule has 6 rings (SSSR count). The van der Waals surface area contributed by atoms with Crippen LogP contribution < -0.4 is 0 Å². The number of amides is 1. The molecule has 0 N–H and O–H groups in total. The van der Waals surface area contributed by atoms with Gasteiger partial charge in [-0.15, -0.1) is 0 Å². The van der Waals surface area contributed by atoms with Crippen LogP contribution in [-0.4, -0.2) is 35.0 Å². The van der Waals surface area contributed by atoms with Crippen LogP contribution in [0.3, 0.4) is 0 Å². The molecule has 6 heteroatoms. The van der Waals surface area contributed by atoms with Crippen molar-refractivity contribution in [2.24, 2.45) is 22.7 Å². The molecule has 0 aromatic heterocycles. The first-order valence-electron chi connectivity index (χ1n) is 10.2. The van der Waals surface area contributed by atoms with Crippen LogP contribution in [0.15, 0.2) is 65.8 Å². The molecule has 1 aromatic carbocycles. The molecular formula is C24H21NO5. The van der Waals surface area contributed by atoms with E-state index in [-0.39, 0.29) is 18.4 Å². The van der Waals surface area contributed by atoms with Gasteiger partial charge in [-0.3, -0.25) is 14.5 Å². The van der Waals surface area contributed by atoms with Crippen molar-refractivity contribution in [3.8, 4) is 0 Å². The lowest BCUT2D eigenvalue weighted by Crippen LogP contribution is -2.53. The standard InChI is InChI=1S/C24H21NO5/c1-13(2)19-15-8-9-16(19)24-18-11-10-17(23(15,24)20(26)30-21(24)27)25(18)22(28)29-12-14-6-4-3-5-7-14/h3-11,15-18H,12H2,1-2H3/t15-,16+,17+,18-,23+,24-. The van der Waals surface area contributed by atoms with E-state index in [1.807, 2.05) is 68.5 Å². The first-order valence-corrected chi connectivity index (χ1v) is 10.2. The minimum absolute atomic E-state index is 0.137. The Morgan fingerprint density at radius 1 is 0.967 bits per heavy atom. The van der Waals surface area contributed by atoms with Crippen LogP contribution >= 0.6 is 0 Å². The molecule has 152 valence electrons. The van der Waals surface area contributed by atoms with E-state index in [2.05, 4.69) is 0 Å². The van der Waals surface area contributed by atoms with Gasteiger partial charge < -0.3 is 9.47 Å².